The Kier molecular flexibility index (Phi) is 4.49. The Labute approximate surface area is 127 Å². The molecule has 0 aromatic heterocycles. The van der Waals surface area contributed by atoms with E-state index in [1.807, 2.05) is 0 Å². The van der Waals surface area contributed by atoms with Gasteiger partial charge in [-0.1, -0.05) is 17.8 Å². The van der Waals surface area contributed by atoms with Crippen LogP contribution in [0.1, 0.15) is 17.3 Å². The van der Waals surface area contributed by atoms with Crippen molar-refractivity contribution in [2.75, 3.05) is 6.26 Å². The summed E-state index contributed by atoms with van der Waals surface area (Å²) in [5, 5.41) is 0. The average Bonchev–Trinajstić information content (AvgIpc) is 2.38. The SMILES string of the molecule is CC(=O)c1c(F)cccc1Sc1ccc(S(C)(=O)=O)cc1. The summed E-state index contributed by atoms with van der Waals surface area (Å²) in [6, 6.07) is 10.7. The number of Topliss-reactive ketones (excluding diaryl/α,β-unsaturated/α-hetero) is 1. The molecule has 2 aromatic carbocycles. The Hall–Kier alpha value is -1.66. The van der Waals surface area contributed by atoms with Crippen LogP contribution in [0.2, 0.25) is 0 Å². The number of halogens is 1. The van der Waals surface area contributed by atoms with Crippen LogP contribution in [0.4, 0.5) is 4.39 Å². The molecule has 6 heteroatoms. The topological polar surface area (TPSA) is 51.2 Å². The van der Waals surface area contributed by atoms with Crippen molar-refractivity contribution >= 4 is 27.4 Å². The van der Waals surface area contributed by atoms with Gasteiger partial charge in [0.05, 0.1) is 10.5 Å². The van der Waals surface area contributed by atoms with Gasteiger partial charge in [0.15, 0.2) is 15.6 Å². The summed E-state index contributed by atoms with van der Waals surface area (Å²) in [7, 11) is -3.24. The van der Waals surface area contributed by atoms with E-state index in [2.05, 4.69) is 0 Å². The molecule has 21 heavy (non-hydrogen) atoms. The maximum Gasteiger partial charge on any atom is 0.175 e. The van der Waals surface area contributed by atoms with Crippen LogP contribution in [-0.4, -0.2) is 20.5 Å². The van der Waals surface area contributed by atoms with Crippen molar-refractivity contribution in [3.05, 3.63) is 53.8 Å². The Morgan fingerprint density at radius 1 is 1.10 bits per heavy atom. The molecule has 0 saturated carbocycles. The summed E-state index contributed by atoms with van der Waals surface area (Å²) in [6.07, 6.45) is 1.13. The van der Waals surface area contributed by atoms with Crippen LogP contribution >= 0.6 is 11.8 Å². The largest absolute Gasteiger partial charge is 0.294 e. The molecule has 0 fully saturated rings. The highest BCUT2D eigenvalue weighted by Gasteiger charge is 2.14. The molecular formula is C15H13FO3S2. The summed E-state index contributed by atoms with van der Waals surface area (Å²) >= 11 is 1.22. The van der Waals surface area contributed by atoms with E-state index in [1.165, 1.54) is 43.0 Å². The van der Waals surface area contributed by atoms with E-state index in [9.17, 15) is 17.6 Å². The molecule has 2 aromatic rings. The van der Waals surface area contributed by atoms with Gasteiger partial charge in [-0.25, -0.2) is 12.8 Å². The molecule has 0 saturated heterocycles. The van der Waals surface area contributed by atoms with Gasteiger partial charge in [-0.3, -0.25) is 4.79 Å². The first-order chi connectivity index (χ1) is 9.79. The second kappa shape index (κ2) is 5.99. The fourth-order valence-electron chi connectivity index (χ4n) is 1.81. The molecule has 3 nitrogen and oxygen atoms in total. The average molecular weight is 324 g/mol. The summed E-state index contributed by atoms with van der Waals surface area (Å²) in [6.45, 7) is 1.31. The molecule has 2 rings (SSSR count). The van der Waals surface area contributed by atoms with Gasteiger partial charge in [0.2, 0.25) is 0 Å². The van der Waals surface area contributed by atoms with Crippen LogP contribution in [0, 0.1) is 5.82 Å². The number of ketones is 1. The quantitative estimate of drug-likeness (QED) is 0.807. The van der Waals surface area contributed by atoms with Gasteiger partial charge >= 0.3 is 0 Å². The van der Waals surface area contributed by atoms with Gasteiger partial charge < -0.3 is 0 Å². The van der Waals surface area contributed by atoms with E-state index in [1.54, 1.807) is 18.2 Å². The molecule has 0 heterocycles. The second-order valence-electron chi connectivity index (χ2n) is 4.51. The molecule has 0 N–H and O–H groups in total. The summed E-state index contributed by atoms with van der Waals surface area (Å²) in [4.78, 5) is 13.0. The highest BCUT2D eigenvalue weighted by molar-refractivity contribution is 7.99. The van der Waals surface area contributed by atoms with E-state index in [4.69, 9.17) is 0 Å². The summed E-state index contributed by atoms with van der Waals surface area (Å²) in [5.41, 5.74) is 0.0506. The van der Waals surface area contributed by atoms with Crippen molar-refractivity contribution in [2.45, 2.75) is 21.6 Å². The van der Waals surface area contributed by atoms with Crippen LogP contribution in [0.25, 0.3) is 0 Å². The third kappa shape index (κ3) is 3.71. The lowest BCUT2D eigenvalue weighted by Gasteiger charge is -2.08. The van der Waals surface area contributed by atoms with E-state index in [-0.39, 0.29) is 16.2 Å². The molecule has 0 atom stereocenters. The lowest BCUT2D eigenvalue weighted by molar-refractivity contribution is 0.101. The fraction of sp³-hybridized carbons (Fsp3) is 0.133. The molecule has 0 amide bonds. The molecule has 110 valence electrons. The third-order valence-corrected chi connectivity index (χ3v) is 5.00. The monoisotopic (exact) mass is 324 g/mol. The first-order valence-corrected chi connectivity index (χ1v) is 8.77. The Morgan fingerprint density at radius 3 is 2.24 bits per heavy atom. The Balaban J connectivity index is 2.35. The molecule has 0 bridgehead atoms. The number of carbonyl (C=O) groups is 1. The van der Waals surface area contributed by atoms with Crippen molar-refractivity contribution in [3.63, 3.8) is 0 Å². The number of rotatable bonds is 4. The van der Waals surface area contributed by atoms with Crippen LogP contribution in [-0.2, 0) is 9.84 Å². The van der Waals surface area contributed by atoms with E-state index in [0.29, 0.717) is 4.90 Å². The van der Waals surface area contributed by atoms with Crippen molar-refractivity contribution in [1.82, 2.24) is 0 Å². The van der Waals surface area contributed by atoms with Crippen molar-refractivity contribution in [1.29, 1.82) is 0 Å². The molecular weight excluding hydrogens is 311 g/mol. The lowest BCUT2D eigenvalue weighted by Crippen LogP contribution is -1.99. The van der Waals surface area contributed by atoms with Gasteiger partial charge in [0.25, 0.3) is 0 Å². The second-order valence-corrected chi connectivity index (χ2v) is 7.65. The molecule has 0 radical (unpaired) electrons. The highest BCUT2D eigenvalue weighted by atomic mass is 32.2. The maximum absolute atomic E-state index is 13.7. The van der Waals surface area contributed by atoms with Crippen molar-refractivity contribution in [2.24, 2.45) is 0 Å². The minimum Gasteiger partial charge on any atom is -0.294 e. The van der Waals surface area contributed by atoms with Crippen LogP contribution in [0.15, 0.2) is 57.2 Å². The Morgan fingerprint density at radius 2 is 1.71 bits per heavy atom. The van der Waals surface area contributed by atoms with Crippen LogP contribution in [0.5, 0.6) is 0 Å². The van der Waals surface area contributed by atoms with Crippen molar-refractivity contribution < 1.29 is 17.6 Å². The lowest BCUT2D eigenvalue weighted by atomic mass is 10.1. The Bertz CT molecular complexity index is 781. The normalized spacial score (nSPS) is 11.4. The molecule has 0 aliphatic heterocycles. The van der Waals surface area contributed by atoms with Gasteiger partial charge in [0, 0.05) is 16.0 Å². The zero-order valence-electron chi connectivity index (χ0n) is 11.5. The molecule has 0 spiro atoms. The first-order valence-electron chi connectivity index (χ1n) is 6.06. The number of hydrogen-bond acceptors (Lipinski definition) is 4. The van der Waals surface area contributed by atoms with Gasteiger partial charge in [-0.2, -0.15) is 0 Å². The summed E-state index contributed by atoms with van der Waals surface area (Å²) < 4.78 is 36.5. The number of benzene rings is 2. The summed E-state index contributed by atoms with van der Waals surface area (Å²) in [5.74, 6) is -0.899. The first kappa shape index (κ1) is 15.7. The molecule has 0 aliphatic carbocycles. The smallest absolute Gasteiger partial charge is 0.175 e. The zero-order chi connectivity index (χ0) is 15.6. The number of carbonyl (C=O) groups excluding carboxylic acids is 1. The highest BCUT2D eigenvalue weighted by Crippen LogP contribution is 2.32. The molecule has 0 unspecified atom stereocenters. The van der Waals surface area contributed by atoms with Crippen LogP contribution < -0.4 is 0 Å². The number of hydrogen-bond donors (Lipinski definition) is 0. The minimum atomic E-state index is -3.24. The van der Waals surface area contributed by atoms with E-state index in [0.717, 1.165) is 11.2 Å². The standard InChI is InChI=1S/C15H13FO3S2/c1-10(17)15-13(16)4-3-5-14(15)20-11-6-8-12(9-7-11)21(2,18)19/h3-9H,1-2H3. The minimum absolute atomic E-state index is 0.0506. The predicted octanol–water partition coefficient (Wildman–Crippen LogP) is 3.58. The predicted molar refractivity (Wildman–Crippen MR) is 80.1 cm³/mol. The van der Waals surface area contributed by atoms with E-state index >= 15 is 0 Å². The maximum atomic E-state index is 13.7. The fourth-order valence-corrected chi connectivity index (χ4v) is 3.46. The third-order valence-electron chi connectivity index (χ3n) is 2.81. The van der Waals surface area contributed by atoms with E-state index < -0.39 is 15.7 Å². The van der Waals surface area contributed by atoms with Gasteiger partial charge in [0.1, 0.15) is 5.82 Å². The van der Waals surface area contributed by atoms with Crippen molar-refractivity contribution in [3.8, 4) is 0 Å². The number of sulfone groups is 1. The zero-order valence-corrected chi connectivity index (χ0v) is 13.1. The van der Waals surface area contributed by atoms with Gasteiger partial charge in [-0.15, -0.1) is 0 Å². The van der Waals surface area contributed by atoms with Gasteiger partial charge in [-0.05, 0) is 43.3 Å². The van der Waals surface area contributed by atoms with Crippen LogP contribution in [0.3, 0.4) is 0 Å². The molecule has 0 aliphatic rings.